The van der Waals surface area contributed by atoms with Crippen LogP contribution in [0.25, 0.3) is 22.3 Å². The molecule has 174 valence electrons. The summed E-state index contributed by atoms with van der Waals surface area (Å²) in [4.78, 5) is 14.2. The molecule has 0 N–H and O–H groups in total. The van der Waals surface area contributed by atoms with Gasteiger partial charge < -0.3 is 4.74 Å². The van der Waals surface area contributed by atoms with Crippen molar-refractivity contribution in [2.75, 3.05) is 0 Å². The summed E-state index contributed by atoms with van der Waals surface area (Å²) in [5.74, 6) is -0.662. The monoisotopic (exact) mass is 461 g/mol. The highest BCUT2D eigenvalue weighted by Gasteiger charge is 2.33. The fraction of sp³-hybridized carbons (Fsp3) is 0.385. The zero-order valence-electron chi connectivity index (χ0n) is 19.1. The molecule has 1 aliphatic carbocycles. The molecule has 4 heterocycles. The fourth-order valence-corrected chi connectivity index (χ4v) is 4.82. The van der Waals surface area contributed by atoms with Crippen LogP contribution in [0.2, 0.25) is 0 Å². The molecular weight excluding hydrogens is 436 g/mol. The van der Waals surface area contributed by atoms with Crippen molar-refractivity contribution in [3.8, 4) is 11.3 Å². The van der Waals surface area contributed by atoms with Gasteiger partial charge in [-0.3, -0.25) is 4.68 Å². The molecule has 1 aromatic carbocycles. The summed E-state index contributed by atoms with van der Waals surface area (Å²) in [7, 11) is 0. The molecule has 0 amide bonds. The lowest BCUT2D eigenvalue weighted by Crippen LogP contribution is -2.26. The minimum absolute atomic E-state index is 0.00352. The zero-order chi connectivity index (χ0) is 23.4. The normalized spacial score (nSPS) is 22.9. The first-order valence-electron chi connectivity index (χ1n) is 11.7. The van der Waals surface area contributed by atoms with E-state index < -0.39 is 11.6 Å². The van der Waals surface area contributed by atoms with E-state index >= 15 is 0 Å². The Balaban J connectivity index is 1.41. The molecule has 0 spiro atoms. The molecule has 6 nitrogen and oxygen atoms in total. The minimum Gasteiger partial charge on any atom is -0.370 e. The predicted molar refractivity (Wildman–Crippen MR) is 123 cm³/mol. The van der Waals surface area contributed by atoms with Crippen molar-refractivity contribution >= 4 is 11.0 Å². The first kappa shape index (κ1) is 21.3. The largest absolute Gasteiger partial charge is 0.370 e. The zero-order valence-corrected chi connectivity index (χ0v) is 19.1. The Morgan fingerprint density at radius 1 is 1.03 bits per heavy atom. The third-order valence-corrected chi connectivity index (χ3v) is 6.69. The molecule has 2 fully saturated rings. The molecule has 34 heavy (non-hydrogen) atoms. The van der Waals surface area contributed by atoms with Gasteiger partial charge in [0.15, 0.2) is 5.65 Å². The maximum Gasteiger partial charge on any atom is 0.163 e. The molecule has 4 aromatic rings. The molecule has 1 aliphatic heterocycles. The number of pyridine rings is 1. The van der Waals surface area contributed by atoms with E-state index in [9.17, 15) is 8.78 Å². The van der Waals surface area contributed by atoms with E-state index in [2.05, 4.69) is 23.2 Å². The smallest absolute Gasteiger partial charge is 0.163 e. The highest BCUT2D eigenvalue weighted by molar-refractivity contribution is 5.90. The van der Waals surface area contributed by atoms with Gasteiger partial charge >= 0.3 is 0 Å². The van der Waals surface area contributed by atoms with Crippen molar-refractivity contribution in [1.82, 2.24) is 24.7 Å². The number of hydrogen-bond acceptors (Lipinski definition) is 5. The maximum absolute atomic E-state index is 14.8. The van der Waals surface area contributed by atoms with Crippen LogP contribution in [0.5, 0.6) is 0 Å². The number of halogens is 2. The molecular formula is C26H25F2N5O. The number of ether oxygens (including phenoxy) is 1. The van der Waals surface area contributed by atoms with Crippen molar-refractivity contribution in [3.05, 3.63) is 71.4 Å². The quantitative estimate of drug-likeness (QED) is 0.382. The van der Waals surface area contributed by atoms with Crippen molar-refractivity contribution in [2.24, 2.45) is 0 Å². The van der Waals surface area contributed by atoms with Crippen LogP contribution in [-0.4, -0.2) is 30.8 Å². The van der Waals surface area contributed by atoms with Gasteiger partial charge in [-0.15, -0.1) is 0 Å². The molecule has 3 atom stereocenters. The summed E-state index contributed by atoms with van der Waals surface area (Å²) >= 11 is 0. The molecule has 1 saturated heterocycles. The predicted octanol–water partition coefficient (Wildman–Crippen LogP) is 5.83. The van der Waals surface area contributed by atoms with Crippen LogP contribution in [0.1, 0.15) is 67.8 Å². The first-order chi connectivity index (χ1) is 16.4. The van der Waals surface area contributed by atoms with Gasteiger partial charge in [-0.25, -0.2) is 23.7 Å². The fourth-order valence-electron chi connectivity index (χ4n) is 4.82. The van der Waals surface area contributed by atoms with Gasteiger partial charge in [0.25, 0.3) is 0 Å². The molecule has 0 unspecified atom stereocenters. The van der Waals surface area contributed by atoms with Crippen LogP contribution in [0.4, 0.5) is 8.78 Å². The van der Waals surface area contributed by atoms with Crippen LogP contribution in [-0.2, 0) is 4.74 Å². The molecule has 3 aromatic heterocycles. The number of rotatable bonds is 4. The second-order valence-corrected chi connectivity index (χ2v) is 9.47. The third kappa shape index (κ3) is 3.96. The Kier molecular flexibility index (Phi) is 5.13. The van der Waals surface area contributed by atoms with Crippen LogP contribution in [0.3, 0.4) is 0 Å². The van der Waals surface area contributed by atoms with Crippen molar-refractivity contribution in [1.29, 1.82) is 0 Å². The summed E-state index contributed by atoms with van der Waals surface area (Å²) < 4.78 is 36.7. The summed E-state index contributed by atoms with van der Waals surface area (Å²) in [5.41, 5.74) is 3.06. The van der Waals surface area contributed by atoms with Gasteiger partial charge in [0.05, 0.1) is 30.1 Å². The number of aryl methyl sites for hydroxylation is 1. The molecule has 1 saturated carbocycles. The summed E-state index contributed by atoms with van der Waals surface area (Å²) in [6.45, 7) is 3.94. The number of hydrogen-bond donors (Lipinski definition) is 0. The lowest BCUT2D eigenvalue weighted by molar-refractivity contribution is -0.0511. The Morgan fingerprint density at radius 3 is 2.68 bits per heavy atom. The van der Waals surface area contributed by atoms with Crippen LogP contribution in [0, 0.1) is 18.6 Å². The topological polar surface area (TPSA) is 65.7 Å². The standard InChI is InChI=1S/C26H25F2N5O/c1-14-3-7-21-24(20-8-4-18(27)11-22(20)28)31-25(32-26(21)30-14)16-9-15(2)34-23(10-16)17-12-29-33(13-17)19-5-6-19/h3-4,7-8,11-13,15-16,19,23H,5-6,9-10H2,1-2H3/t15-,16-,23+/m1/s1. The van der Waals surface area contributed by atoms with Crippen LogP contribution in [0.15, 0.2) is 42.7 Å². The first-order valence-corrected chi connectivity index (χ1v) is 11.7. The third-order valence-electron chi connectivity index (χ3n) is 6.69. The van der Waals surface area contributed by atoms with E-state index in [0.717, 1.165) is 23.7 Å². The lowest BCUT2D eigenvalue weighted by Gasteiger charge is -2.33. The van der Waals surface area contributed by atoms with Gasteiger partial charge in [0.1, 0.15) is 17.5 Å². The molecule has 0 radical (unpaired) electrons. The van der Waals surface area contributed by atoms with Crippen molar-refractivity contribution in [2.45, 2.75) is 63.7 Å². The SMILES string of the molecule is Cc1ccc2c(-c3ccc(F)cc3F)nc([C@@H]3C[C@@H](C)O[C@H](c4cnn(C5CC5)c4)C3)nc2n1. The average Bonchev–Trinajstić information content (AvgIpc) is 3.54. The Bertz CT molecular complexity index is 1380. The summed E-state index contributed by atoms with van der Waals surface area (Å²) in [6, 6.07) is 7.77. The number of benzene rings is 1. The van der Waals surface area contributed by atoms with E-state index in [1.807, 2.05) is 29.9 Å². The Hall–Kier alpha value is -3.26. The summed E-state index contributed by atoms with van der Waals surface area (Å²) in [6.07, 6.45) is 7.66. The van der Waals surface area contributed by atoms with E-state index in [1.54, 1.807) is 0 Å². The van der Waals surface area contributed by atoms with Gasteiger partial charge in [0.2, 0.25) is 0 Å². The number of aromatic nitrogens is 5. The lowest BCUT2D eigenvalue weighted by atomic mass is 9.89. The van der Waals surface area contributed by atoms with Crippen molar-refractivity contribution in [3.63, 3.8) is 0 Å². The van der Waals surface area contributed by atoms with Gasteiger partial charge in [-0.05, 0) is 63.8 Å². The highest BCUT2D eigenvalue weighted by Crippen LogP contribution is 2.41. The number of nitrogens with zero attached hydrogens (tertiary/aromatic N) is 5. The van der Waals surface area contributed by atoms with Crippen molar-refractivity contribution < 1.29 is 13.5 Å². The van der Waals surface area contributed by atoms with Gasteiger partial charge in [-0.1, -0.05) is 0 Å². The highest BCUT2D eigenvalue weighted by atomic mass is 19.1. The van der Waals surface area contributed by atoms with E-state index in [-0.39, 0.29) is 23.7 Å². The Morgan fingerprint density at radius 2 is 1.88 bits per heavy atom. The van der Waals surface area contributed by atoms with Crippen LogP contribution >= 0.6 is 0 Å². The Labute approximate surface area is 196 Å². The average molecular weight is 462 g/mol. The second-order valence-electron chi connectivity index (χ2n) is 9.47. The minimum atomic E-state index is -0.655. The number of fused-ring (bicyclic) bond motifs is 1. The van der Waals surface area contributed by atoms with E-state index in [4.69, 9.17) is 14.7 Å². The van der Waals surface area contributed by atoms with E-state index in [1.165, 1.54) is 25.0 Å². The molecule has 0 bridgehead atoms. The van der Waals surface area contributed by atoms with Crippen LogP contribution < -0.4 is 0 Å². The molecule has 2 aliphatic rings. The molecule has 8 heteroatoms. The summed E-state index contributed by atoms with van der Waals surface area (Å²) in [5, 5.41) is 5.16. The van der Waals surface area contributed by atoms with E-state index in [0.29, 0.717) is 35.0 Å². The molecule has 6 rings (SSSR count). The maximum atomic E-state index is 14.8. The van der Waals surface area contributed by atoms with Gasteiger partial charge in [-0.2, -0.15) is 5.10 Å². The van der Waals surface area contributed by atoms with Gasteiger partial charge in [0, 0.05) is 40.4 Å². The second kappa shape index (κ2) is 8.20.